The first-order valence-electron chi connectivity index (χ1n) is 5.38. The summed E-state index contributed by atoms with van der Waals surface area (Å²) in [6.07, 6.45) is 3.97. The van der Waals surface area contributed by atoms with Gasteiger partial charge in [-0.3, -0.25) is 5.41 Å². The number of nitrogens with one attached hydrogen (secondary N) is 1. The lowest BCUT2D eigenvalue weighted by molar-refractivity contribution is 0.221. The van der Waals surface area contributed by atoms with E-state index in [4.69, 9.17) is 16.2 Å². The average molecular weight is 199 g/mol. The zero-order valence-corrected chi connectivity index (χ0v) is 8.71. The Kier molecular flexibility index (Phi) is 4.90. The third-order valence-electron chi connectivity index (χ3n) is 2.80. The second-order valence-electron chi connectivity index (χ2n) is 4.12. The summed E-state index contributed by atoms with van der Waals surface area (Å²) >= 11 is 0. The molecule has 14 heavy (non-hydrogen) atoms. The minimum Gasteiger partial charge on any atom is -0.396 e. The summed E-state index contributed by atoms with van der Waals surface area (Å²) in [5, 5.41) is 16.0. The number of aliphatic hydroxyl groups excluding tert-OH is 1. The van der Waals surface area contributed by atoms with Gasteiger partial charge in [-0.15, -0.1) is 0 Å². The molecule has 0 aromatic rings. The lowest BCUT2D eigenvalue weighted by Crippen LogP contribution is -2.23. The van der Waals surface area contributed by atoms with Crippen molar-refractivity contribution in [1.82, 2.24) is 4.90 Å². The molecule has 4 N–H and O–H groups in total. The van der Waals surface area contributed by atoms with Gasteiger partial charge in [0.2, 0.25) is 0 Å². The van der Waals surface area contributed by atoms with Crippen LogP contribution in [0.4, 0.5) is 0 Å². The van der Waals surface area contributed by atoms with Crippen molar-refractivity contribution in [2.75, 3.05) is 26.2 Å². The van der Waals surface area contributed by atoms with Crippen LogP contribution in [-0.4, -0.2) is 42.1 Å². The molecule has 0 saturated carbocycles. The highest BCUT2D eigenvalue weighted by molar-refractivity contribution is 5.76. The SMILES string of the molecule is N=C(N)CCCCN1CCC(CO)C1. The molecule has 1 rings (SSSR count). The third-order valence-corrected chi connectivity index (χ3v) is 2.80. The van der Waals surface area contributed by atoms with Crippen molar-refractivity contribution in [3.05, 3.63) is 0 Å². The first-order valence-corrected chi connectivity index (χ1v) is 5.38. The molecular formula is C10H21N3O. The molecule has 1 unspecified atom stereocenters. The Bertz CT molecular complexity index is 184. The molecule has 1 saturated heterocycles. The first kappa shape index (κ1) is 11.5. The zero-order chi connectivity index (χ0) is 10.4. The maximum atomic E-state index is 8.96. The van der Waals surface area contributed by atoms with E-state index in [0.29, 0.717) is 18.4 Å². The Morgan fingerprint density at radius 2 is 2.29 bits per heavy atom. The van der Waals surface area contributed by atoms with Crippen LogP contribution >= 0.6 is 0 Å². The van der Waals surface area contributed by atoms with E-state index in [0.717, 1.165) is 45.3 Å². The fourth-order valence-corrected chi connectivity index (χ4v) is 1.92. The highest BCUT2D eigenvalue weighted by atomic mass is 16.3. The van der Waals surface area contributed by atoms with E-state index in [-0.39, 0.29) is 0 Å². The molecule has 1 aliphatic heterocycles. The van der Waals surface area contributed by atoms with Crippen LogP contribution in [0.2, 0.25) is 0 Å². The molecule has 82 valence electrons. The third kappa shape index (κ3) is 4.07. The predicted octanol–water partition coefficient (Wildman–Crippen LogP) is 0.407. The average Bonchev–Trinajstić information content (AvgIpc) is 2.60. The van der Waals surface area contributed by atoms with Gasteiger partial charge in [0.25, 0.3) is 0 Å². The number of nitrogens with two attached hydrogens (primary N) is 1. The topological polar surface area (TPSA) is 73.3 Å². The van der Waals surface area contributed by atoms with E-state index in [1.54, 1.807) is 0 Å². The van der Waals surface area contributed by atoms with Crippen molar-refractivity contribution in [1.29, 1.82) is 5.41 Å². The van der Waals surface area contributed by atoms with Gasteiger partial charge in [0.1, 0.15) is 0 Å². The van der Waals surface area contributed by atoms with Crippen LogP contribution in [-0.2, 0) is 0 Å². The smallest absolute Gasteiger partial charge is 0.0905 e. The van der Waals surface area contributed by atoms with Gasteiger partial charge in [-0.2, -0.15) is 0 Å². The van der Waals surface area contributed by atoms with Crippen LogP contribution in [0.1, 0.15) is 25.7 Å². The molecule has 1 heterocycles. The summed E-state index contributed by atoms with van der Waals surface area (Å²) in [5.41, 5.74) is 5.27. The molecule has 4 heteroatoms. The molecule has 0 aliphatic carbocycles. The van der Waals surface area contributed by atoms with Crippen molar-refractivity contribution in [3.8, 4) is 0 Å². The minimum atomic E-state index is 0.291. The number of likely N-dealkylation sites (tertiary alicyclic amines) is 1. The summed E-state index contributed by atoms with van der Waals surface area (Å²) < 4.78 is 0. The molecule has 0 spiro atoms. The summed E-state index contributed by atoms with van der Waals surface area (Å²) in [6, 6.07) is 0. The molecule has 0 aromatic heterocycles. The summed E-state index contributed by atoms with van der Waals surface area (Å²) in [7, 11) is 0. The van der Waals surface area contributed by atoms with Gasteiger partial charge in [0.15, 0.2) is 0 Å². The van der Waals surface area contributed by atoms with E-state index in [9.17, 15) is 0 Å². The van der Waals surface area contributed by atoms with Gasteiger partial charge in [0.05, 0.1) is 5.84 Å². The number of rotatable bonds is 6. The maximum absolute atomic E-state index is 8.96. The van der Waals surface area contributed by atoms with Crippen molar-refractivity contribution >= 4 is 5.84 Å². The second-order valence-corrected chi connectivity index (χ2v) is 4.12. The molecule has 1 fully saturated rings. The number of unbranched alkanes of at least 4 members (excludes halogenated alkanes) is 1. The van der Waals surface area contributed by atoms with E-state index in [1.165, 1.54) is 0 Å². The number of hydrogen-bond donors (Lipinski definition) is 3. The van der Waals surface area contributed by atoms with Gasteiger partial charge in [-0.05, 0) is 38.3 Å². The number of hydrogen-bond acceptors (Lipinski definition) is 3. The number of amidine groups is 1. The quantitative estimate of drug-likeness (QED) is 0.329. The van der Waals surface area contributed by atoms with Crippen molar-refractivity contribution < 1.29 is 5.11 Å². The molecule has 0 amide bonds. The van der Waals surface area contributed by atoms with E-state index < -0.39 is 0 Å². The van der Waals surface area contributed by atoms with E-state index >= 15 is 0 Å². The van der Waals surface area contributed by atoms with Crippen LogP contribution in [0, 0.1) is 11.3 Å². The predicted molar refractivity (Wildman–Crippen MR) is 57.4 cm³/mol. The normalized spacial score (nSPS) is 22.8. The van der Waals surface area contributed by atoms with Gasteiger partial charge in [-0.1, -0.05) is 0 Å². The standard InChI is InChI=1S/C10H21N3O/c11-10(12)3-1-2-5-13-6-4-9(7-13)8-14/h9,14H,1-8H2,(H3,11,12). The summed E-state index contributed by atoms with van der Waals surface area (Å²) in [6.45, 7) is 3.57. The van der Waals surface area contributed by atoms with Crippen LogP contribution in [0.3, 0.4) is 0 Å². The second kappa shape index (κ2) is 5.98. The molecule has 0 aromatic carbocycles. The first-order chi connectivity index (χ1) is 6.72. The van der Waals surface area contributed by atoms with Crippen LogP contribution < -0.4 is 5.73 Å². The van der Waals surface area contributed by atoms with Crippen molar-refractivity contribution in [2.24, 2.45) is 11.7 Å². The lowest BCUT2D eigenvalue weighted by atomic mass is 10.1. The van der Waals surface area contributed by atoms with Gasteiger partial charge in [-0.25, -0.2) is 0 Å². The summed E-state index contributed by atoms with van der Waals surface area (Å²) in [5.74, 6) is 0.780. The Morgan fingerprint density at radius 3 is 2.86 bits per heavy atom. The molecule has 4 nitrogen and oxygen atoms in total. The molecule has 1 aliphatic rings. The fraction of sp³-hybridized carbons (Fsp3) is 0.900. The molecule has 0 bridgehead atoms. The molecular weight excluding hydrogens is 178 g/mol. The highest BCUT2D eigenvalue weighted by Crippen LogP contribution is 2.15. The number of aliphatic hydroxyl groups is 1. The largest absolute Gasteiger partial charge is 0.396 e. The minimum absolute atomic E-state index is 0.291. The Morgan fingerprint density at radius 1 is 1.50 bits per heavy atom. The van der Waals surface area contributed by atoms with Gasteiger partial charge < -0.3 is 15.7 Å². The van der Waals surface area contributed by atoms with Crippen LogP contribution in [0.15, 0.2) is 0 Å². The van der Waals surface area contributed by atoms with Crippen LogP contribution in [0.25, 0.3) is 0 Å². The molecule has 0 radical (unpaired) electrons. The lowest BCUT2D eigenvalue weighted by Gasteiger charge is -2.14. The Balaban J connectivity index is 2.00. The molecule has 1 atom stereocenters. The van der Waals surface area contributed by atoms with E-state index in [1.807, 2.05) is 0 Å². The maximum Gasteiger partial charge on any atom is 0.0905 e. The Hall–Kier alpha value is -0.610. The number of nitrogens with zero attached hydrogens (tertiary/aromatic N) is 1. The zero-order valence-electron chi connectivity index (χ0n) is 8.71. The Labute approximate surface area is 85.6 Å². The monoisotopic (exact) mass is 199 g/mol. The van der Waals surface area contributed by atoms with Crippen LogP contribution in [0.5, 0.6) is 0 Å². The highest BCUT2D eigenvalue weighted by Gasteiger charge is 2.20. The van der Waals surface area contributed by atoms with Gasteiger partial charge >= 0.3 is 0 Å². The van der Waals surface area contributed by atoms with Gasteiger partial charge in [0, 0.05) is 19.6 Å². The fourth-order valence-electron chi connectivity index (χ4n) is 1.92. The summed E-state index contributed by atoms with van der Waals surface area (Å²) in [4.78, 5) is 2.39. The van der Waals surface area contributed by atoms with E-state index in [2.05, 4.69) is 4.90 Å². The van der Waals surface area contributed by atoms with Crippen molar-refractivity contribution in [3.63, 3.8) is 0 Å². The van der Waals surface area contributed by atoms with Crippen molar-refractivity contribution in [2.45, 2.75) is 25.7 Å².